The van der Waals surface area contributed by atoms with Gasteiger partial charge in [0.05, 0.1) is 0 Å². The molecule has 0 aromatic heterocycles. The van der Waals surface area contributed by atoms with Gasteiger partial charge in [0, 0.05) is 18.1 Å². The number of nitrogens with two attached hydrogens (primary N) is 1. The van der Waals surface area contributed by atoms with Crippen LogP contribution in [0.4, 0.5) is 0 Å². The largest absolute Gasteiger partial charge is 0.481 e. The van der Waals surface area contributed by atoms with Crippen molar-refractivity contribution in [3.63, 3.8) is 0 Å². The van der Waals surface area contributed by atoms with Crippen LogP contribution in [0.5, 0.6) is 0 Å². The van der Waals surface area contributed by atoms with E-state index in [0.717, 1.165) is 0 Å². The Balaban J connectivity index is 2.15. The number of carboxylic acids is 1. The van der Waals surface area contributed by atoms with Crippen LogP contribution in [0.25, 0.3) is 0 Å². The number of β-lactam (4-membered cyclic amide) rings is 1. The maximum Gasteiger partial charge on any atom is 0.313 e. The van der Waals surface area contributed by atoms with Crippen molar-refractivity contribution >= 4 is 36.3 Å². The van der Waals surface area contributed by atoms with E-state index in [0.29, 0.717) is 5.75 Å². The Morgan fingerprint density at radius 3 is 3.00 bits per heavy atom. The molecule has 0 aromatic carbocycles. The summed E-state index contributed by atoms with van der Waals surface area (Å²) in [5, 5.41) is 9.10. The molecule has 2 aliphatic rings. The fourth-order valence-corrected chi connectivity index (χ4v) is 3.81. The number of amides is 1. The highest BCUT2D eigenvalue weighted by Crippen LogP contribution is 2.41. The second kappa shape index (κ2) is 3.57. The molecular formula is C8H12N2O3S2. The molecular weight excluding hydrogens is 236 g/mol. The number of hydrogen-bond acceptors (Lipinski definition) is 5. The van der Waals surface area contributed by atoms with Crippen molar-refractivity contribution in [1.29, 1.82) is 0 Å². The lowest BCUT2D eigenvalue weighted by molar-refractivity contribution is -0.155. The summed E-state index contributed by atoms with van der Waals surface area (Å²) in [6.45, 7) is 0.232. The highest BCUT2D eigenvalue weighted by atomic mass is 32.2. The molecule has 0 saturated carbocycles. The molecule has 2 fully saturated rings. The van der Waals surface area contributed by atoms with Crippen molar-refractivity contribution in [2.75, 3.05) is 18.1 Å². The lowest BCUT2D eigenvalue weighted by atomic mass is 9.89. The normalized spacial score (nSPS) is 39.6. The van der Waals surface area contributed by atoms with Gasteiger partial charge in [0.1, 0.15) is 16.8 Å². The number of fused-ring (bicyclic) bond motifs is 1. The smallest absolute Gasteiger partial charge is 0.313 e. The SMILES string of the molecule is NC1C(=O)N2CC(CS)(C(=O)O)CS[C@H]12. The Kier molecular flexibility index (Phi) is 2.64. The average molecular weight is 248 g/mol. The second-order valence-electron chi connectivity index (χ2n) is 3.94. The summed E-state index contributed by atoms with van der Waals surface area (Å²) in [5.41, 5.74) is 4.69. The number of hydrogen-bond donors (Lipinski definition) is 3. The predicted molar refractivity (Wildman–Crippen MR) is 59.9 cm³/mol. The highest BCUT2D eigenvalue weighted by Gasteiger charge is 2.55. The fourth-order valence-electron chi connectivity index (χ4n) is 1.82. The molecule has 7 heteroatoms. The first-order valence-electron chi connectivity index (χ1n) is 4.54. The summed E-state index contributed by atoms with van der Waals surface area (Å²) in [4.78, 5) is 24.1. The molecule has 0 bridgehead atoms. The molecule has 2 saturated heterocycles. The number of rotatable bonds is 2. The van der Waals surface area contributed by atoms with E-state index in [9.17, 15) is 9.59 Å². The first-order valence-corrected chi connectivity index (χ1v) is 6.22. The van der Waals surface area contributed by atoms with Crippen LogP contribution in [0.3, 0.4) is 0 Å². The van der Waals surface area contributed by atoms with Crippen LogP contribution in [0, 0.1) is 5.41 Å². The van der Waals surface area contributed by atoms with E-state index in [1.807, 2.05) is 0 Å². The van der Waals surface area contributed by atoms with Gasteiger partial charge in [-0.3, -0.25) is 9.59 Å². The van der Waals surface area contributed by atoms with Crippen LogP contribution < -0.4 is 5.73 Å². The third-order valence-corrected chi connectivity index (χ3v) is 5.16. The van der Waals surface area contributed by atoms with E-state index in [4.69, 9.17) is 10.8 Å². The quantitative estimate of drug-likeness (QED) is 0.441. The molecule has 3 atom stereocenters. The molecule has 3 N–H and O–H groups in total. The molecule has 0 aliphatic carbocycles. The topological polar surface area (TPSA) is 83.6 Å². The number of carbonyl (C=O) groups excluding carboxylic acids is 1. The monoisotopic (exact) mass is 248 g/mol. The van der Waals surface area contributed by atoms with Crippen LogP contribution >= 0.6 is 24.4 Å². The zero-order valence-electron chi connectivity index (χ0n) is 7.92. The molecule has 2 aliphatic heterocycles. The van der Waals surface area contributed by atoms with Gasteiger partial charge >= 0.3 is 5.97 Å². The lowest BCUT2D eigenvalue weighted by Gasteiger charge is -2.52. The van der Waals surface area contributed by atoms with Crippen molar-refractivity contribution in [2.24, 2.45) is 11.1 Å². The van der Waals surface area contributed by atoms with Crippen molar-refractivity contribution < 1.29 is 14.7 Å². The van der Waals surface area contributed by atoms with E-state index in [-0.39, 0.29) is 23.6 Å². The molecule has 0 radical (unpaired) electrons. The lowest BCUT2D eigenvalue weighted by Crippen LogP contribution is -2.72. The number of carbonyl (C=O) groups is 2. The highest BCUT2D eigenvalue weighted by molar-refractivity contribution is 8.00. The van der Waals surface area contributed by atoms with Crippen molar-refractivity contribution in [1.82, 2.24) is 4.90 Å². The minimum Gasteiger partial charge on any atom is -0.481 e. The Morgan fingerprint density at radius 1 is 1.80 bits per heavy atom. The molecule has 0 aromatic rings. The molecule has 5 nitrogen and oxygen atoms in total. The number of carboxylic acid groups (broad SMARTS) is 1. The van der Waals surface area contributed by atoms with Crippen LogP contribution in [0.15, 0.2) is 0 Å². The summed E-state index contributed by atoms with van der Waals surface area (Å²) in [6, 6.07) is -0.457. The van der Waals surface area contributed by atoms with Gasteiger partial charge in [-0.2, -0.15) is 12.6 Å². The first-order chi connectivity index (χ1) is 7.02. The van der Waals surface area contributed by atoms with Gasteiger partial charge in [0.15, 0.2) is 0 Å². The number of thioether (sulfide) groups is 1. The predicted octanol–water partition coefficient (Wildman–Crippen LogP) is -0.770. The summed E-state index contributed by atoms with van der Waals surface area (Å²) in [6.07, 6.45) is 0. The van der Waals surface area contributed by atoms with Gasteiger partial charge in [-0.15, -0.1) is 11.8 Å². The van der Waals surface area contributed by atoms with Crippen molar-refractivity contribution in [3.05, 3.63) is 0 Å². The summed E-state index contributed by atoms with van der Waals surface area (Å²) in [5.74, 6) is -0.342. The minimum absolute atomic E-state index is 0.0372. The zero-order valence-corrected chi connectivity index (χ0v) is 9.63. The average Bonchev–Trinajstić information content (AvgIpc) is 2.26. The minimum atomic E-state index is -0.917. The molecule has 2 heterocycles. The van der Waals surface area contributed by atoms with Gasteiger partial charge < -0.3 is 15.7 Å². The Bertz CT molecular complexity index is 325. The number of aliphatic carboxylic acids is 1. The van der Waals surface area contributed by atoms with Gasteiger partial charge in [-0.25, -0.2) is 0 Å². The maximum atomic E-state index is 11.4. The van der Waals surface area contributed by atoms with E-state index in [2.05, 4.69) is 12.6 Å². The standard InChI is InChI=1S/C8H12N2O3S2/c9-4-5(11)10-1-8(2-14,7(12)13)3-15-6(4)10/h4,6,14H,1-3,9H2,(H,12,13)/t4?,6-,8?/m1/s1. The molecule has 15 heavy (non-hydrogen) atoms. The van der Waals surface area contributed by atoms with Crippen LogP contribution in [-0.2, 0) is 9.59 Å². The number of nitrogens with zero attached hydrogens (tertiary/aromatic N) is 1. The van der Waals surface area contributed by atoms with Gasteiger partial charge in [-0.1, -0.05) is 0 Å². The Labute approximate surface area is 96.8 Å². The van der Waals surface area contributed by atoms with Gasteiger partial charge in [0.25, 0.3) is 0 Å². The third-order valence-electron chi connectivity index (χ3n) is 2.94. The molecule has 84 valence electrons. The number of thiol groups is 1. The van der Waals surface area contributed by atoms with Gasteiger partial charge in [-0.05, 0) is 0 Å². The third kappa shape index (κ3) is 1.44. The van der Waals surface area contributed by atoms with Crippen molar-refractivity contribution in [2.45, 2.75) is 11.4 Å². The van der Waals surface area contributed by atoms with Gasteiger partial charge in [0.2, 0.25) is 5.91 Å². The van der Waals surface area contributed by atoms with E-state index >= 15 is 0 Å². The summed E-state index contributed by atoms with van der Waals surface area (Å²) >= 11 is 5.51. The van der Waals surface area contributed by atoms with Crippen LogP contribution in [0.2, 0.25) is 0 Å². The molecule has 2 rings (SSSR count). The van der Waals surface area contributed by atoms with Crippen LogP contribution in [0.1, 0.15) is 0 Å². The molecule has 2 unspecified atom stereocenters. The van der Waals surface area contributed by atoms with E-state index in [1.165, 1.54) is 11.8 Å². The summed E-state index contributed by atoms with van der Waals surface area (Å²) < 4.78 is 0. The van der Waals surface area contributed by atoms with E-state index in [1.54, 1.807) is 4.90 Å². The summed E-state index contributed by atoms with van der Waals surface area (Å²) in [7, 11) is 0. The Morgan fingerprint density at radius 2 is 2.47 bits per heavy atom. The zero-order chi connectivity index (χ0) is 11.2. The maximum absolute atomic E-state index is 11.4. The fraction of sp³-hybridized carbons (Fsp3) is 0.750. The van der Waals surface area contributed by atoms with Crippen molar-refractivity contribution in [3.8, 4) is 0 Å². The van der Waals surface area contributed by atoms with E-state index < -0.39 is 17.4 Å². The Hall–Kier alpha value is -0.400. The first kappa shape index (κ1) is 11.1. The molecule has 1 amide bonds. The van der Waals surface area contributed by atoms with Crippen LogP contribution in [-0.4, -0.2) is 51.3 Å². The molecule has 0 spiro atoms. The second-order valence-corrected chi connectivity index (χ2v) is 5.36.